The summed E-state index contributed by atoms with van der Waals surface area (Å²) in [6.07, 6.45) is 0. The average molecular weight is 224 g/mol. The van der Waals surface area contributed by atoms with E-state index in [1.54, 1.807) is 24.3 Å². The Morgan fingerprint density at radius 1 is 1.33 bits per heavy atom. The number of primary amides is 1. The van der Waals surface area contributed by atoms with E-state index in [9.17, 15) is 4.79 Å². The third-order valence-electron chi connectivity index (χ3n) is 1.64. The van der Waals surface area contributed by atoms with Crippen molar-refractivity contribution in [3.8, 4) is 17.6 Å². The third-order valence-corrected chi connectivity index (χ3v) is 1.78. The van der Waals surface area contributed by atoms with E-state index in [4.69, 9.17) is 22.1 Å². The summed E-state index contributed by atoms with van der Waals surface area (Å²) in [6.45, 7) is 0.280. The van der Waals surface area contributed by atoms with Crippen LogP contribution in [0.3, 0.4) is 0 Å². The molecular weight excluding hydrogens is 214 g/mol. The number of hydrogen-bond donors (Lipinski definition) is 1. The fourth-order valence-corrected chi connectivity index (χ4v) is 1.03. The van der Waals surface area contributed by atoms with Crippen molar-refractivity contribution in [1.29, 1.82) is 0 Å². The van der Waals surface area contributed by atoms with Gasteiger partial charge in [-0.25, -0.2) is 0 Å². The molecule has 2 N–H and O–H groups in total. The number of halogens is 1. The minimum absolute atomic E-state index is 0.280. The van der Waals surface area contributed by atoms with Crippen molar-refractivity contribution in [3.63, 3.8) is 0 Å². The normalized spacial score (nSPS) is 8.87. The number of nitrogens with two attached hydrogens (primary N) is 1. The zero-order valence-corrected chi connectivity index (χ0v) is 8.75. The molecule has 0 saturated carbocycles. The van der Waals surface area contributed by atoms with Crippen LogP contribution in [0.25, 0.3) is 0 Å². The Morgan fingerprint density at radius 3 is 2.53 bits per heavy atom. The highest BCUT2D eigenvalue weighted by Crippen LogP contribution is 2.11. The molecule has 1 rings (SSSR count). The number of carbonyl (C=O) groups excluding carboxylic acids is 1. The number of hydrogen-bond acceptors (Lipinski definition) is 2. The molecule has 1 aromatic carbocycles. The van der Waals surface area contributed by atoms with Crippen LogP contribution in [0.1, 0.15) is 10.4 Å². The molecule has 0 heterocycles. The lowest BCUT2D eigenvalue weighted by atomic mass is 10.2. The standard InChI is InChI=1S/C11H10ClNO2/c12-7-1-2-8-15-10-5-3-9(4-6-10)11(13)14/h3-6H,7-8H2,(H2,13,14). The predicted octanol–water partition coefficient (Wildman–Crippen LogP) is 1.41. The van der Waals surface area contributed by atoms with Gasteiger partial charge in [0.25, 0.3) is 0 Å². The highest BCUT2D eigenvalue weighted by Gasteiger charge is 1.99. The monoisotopic (exact) mass is 223 g/mol. The molecule has 0 aliphatic heterocycles. The third kappa shape index (κ3) is 3.92. The quantitative estimate of drug-likeness (QED) is 0.622. The van der Waals surface area contributed by atoms with Gasteiger partial charge in [0.1, 0.15) is 12.4 Å². The van der Waals surface area contributed by atoms with Gasteiger partial charge in [0.2, 0.25) is 5.91 Å². The van der Waals surface area contributed by atoms with Gasteiger partial charge in [0, 0.05) is 5.56 Å². The van der Waals surface area contributed by atoms with E-state index in [1.807, 2.05) is 0 Å². The molecule has 0 fully saturated rings. The summed E-state index contributed by atoms with van der Waals surface area (Å²) >= 11 is 5.36. The molecule has 0 saturated heterocycles. The molecule has 1 amide bonds. The van der Waals surface area contributed by atoms with Crippen molar-refractivity contribution in [2.24, 2.45) is 5.73 Å². The summed E-state index contributed by atoms with van der Waals surface area (Å²) in [7, 11) is 0. The molecule has 3 nitrogen and oxygen atoms in total. The summed E-state index contributed by atoms with van der Waals surface area (Å²) in [5.41, 5.74) is 5.54. The lowest BCUT2D eigenvalue weighted by Crippen LogP contribution is -2.10. The fraction of sp³-hybridized carbons (Fsp3) is 0.182. The summed E-state index contributed by atoms with van der Waals surface area (Å²) in [5.74, 6) is 5.87. The van der Waals surface area contributed by atoms with Crippen molar-refractivity contribution in [2.45, 2.75) is 0 Å². The SMILES string of the molecule is NC(=O)c1ccc(OCC#CCCl)cc1. The lowest BCUT2D eigenvalue weighted by Gasteiger charge is -2.01. The van der Waals surface area contributed by atoms with E-state index in [1.165, 1.54) is 0 Å². The lowest BCUT2D eigenvalue weighted by molar-refractivity contribution is 0.100. The average Bonchev–Trinajstić information content (AvgIpc) is 2.25. The second-order valence-electron chi connectivity index (χ2n) is 2.66. The molecule has 0 atom stereocenters. The topological polar surface area (TPSA) is 52.3 Å². The molecule has 0 unspecified atom stereocenters. The second-order valence-corrected chi connectivity index (χ2v) is 2.93. The predicted molar refractivity (Wildman–Crippen MR) is 59.0 cm³/mol. The van der Waals surface area contributed by atoms with Gasteiger partial charge in [-0.2, -0.15) is 0 Å². The zero-order valence-electron chi connectivity index (χ0n) is 8.00. The summed E-state index contributed by atoms with van der Waals surface area (Å²) in [5, 5.41) is 0. The Hall–Kier alpha value is -1.66. The van der Waals surface area contributed by atoms with E-state index in [2.05, 4.69) is 11.8 Å². The maximum absolute atomic E-state index is 10.8. The molecule has 78 valence electrons. The number of alkyl halides is 1. The molecular formula is C11H10ClNO2. The zero-order chi connectivity index (χ0) is 11.1. The summed E-state index contributed by atoms with van der Waals surface area (Å²) in [4.78, 5) is 10.8. The second kappa shape index (κ2) is 5.94. The van der Waals surface area contributed by atoms with Crippen LogP contribution < -0.4 is 10.5 Å². The molecule has 0 aromatic heterocycles. The Bertz CT molecular complexity index is 389. The Labute approximate surface area is 93.2 Å². The number of rotatable bonds is 3. The van der Waals surface area contributed by atoms with E-state index in [-0.39, 0.29) is 6.61 Å². The maximum atomic E-state index is 10.8. The molecule has 0 aliphatic carbocycles. The molecule has 0 spiro atoms. The van der Waals surface area contributed by atoms with E-state index in [0.717, 1.165) is 0 Å². The first kappa shape index (κ1) is 11.4. The molecule has 0 bridgehead atoms. The Morgan fingerprint density at radius 2 is 2.00 bits per heavy atom. The Kier molecular flexibility index (Phi) is 4.52. The highest BCUT2D eigenvalue weighted by molar-refractivity contribution is 6.19. The first-order chi connectivity index (χ1) is 7.24. The number of amides is 1. The highest BCUT2D eigenvalue weighted by atomic mass is 35.5. The van der Waals surface area contributed by atoms with Gasteiger partial charge in [-0.05, 0) is 24.3 Å². The minimum atomic E-state index is -0.455. The van der Waals surface area contributed by atoms with Gasteiger partial charge in [0.05, 0.1) is 5.88 Å². The van der Waals surface area contributed by atoms with Gasteiger partial charge < -0.3 is 10.5 Å². The summed E-state index contributed by atoms with van der Waals surface area (Å²) in [6, 6.07) is 6.55. The van der Waals surface area contributed by atoms with Crippen molar-refractivity contribution in [1.82, 2.24) is 0 Å². The first-order valence-corrected chi connectivity index (χ1v) is 4.82. The van der Waals surface area contributed by atoms with Crippen molar-refractivity contribution in [3.05, 3.63) is 29.8 Å². The van der Waals surface area contributed by atoms with Crippen LogP contribution in [0.4, 0.5) is 0 Å². The van der Waals surface area contributed by atoms with E-state index >= 15 is 0 Å². The molecule has 15 heavy (non-hydrogen) atoms. The van der Waals surface area contributed by atoms with Gasteiger partial charge in [0.15, 0.2) is 0 Å². The minimum Gasteiger partial charge on any atom is -0.481 e. The van der Waals surface area contributed by atoms with E-state index in [0.29, 0.717) is 17.2 Å². The smallest absolute Gasteiger partial charge is 0.248 e. The van der Waals surface area contributed by atoms with Crippen LogP contribution in [-0.2, 0) is 0 Å². The van der Waals surface area contributed by atoms with Crippen molar-refractivity contribution >= 4 is 17.5 Å². The number of benzene rings is 1. The molecule has 0 aliphatic rings. The number of ether oxygens (including phenoxy) is 1. The van der Waals surface area contributed by atoms with Gasteiger partial charge in [-0.3, -0.25) is 4.79 Å². The van der Waals surface area contributed by atoms with Crippen LogP contribution in [-0.4, -0.2) is 18.4 Å². The van der Waals surface area contributed by atoms with Gasteiger partial charge >= 0.3 is 0 Å². The van der Waals surface area contributed by atoms with Crippen LogP contribution in [0, 0.1) is 11.8 Å². The van der Waals surface area contributed by atoms with Crippen molar-refractivity contribution < 1.29 is 9.53 Å². The van der Waals surface area contributed by atoms with E-state index < -0.39 is 5.91 Å². The first-order valence-electron chi connectivity index (χ1n) is 4.28. The van der Waals surface area contributed by atoms with Crippen LogP contribution in [0.15, 0.2) is 24.3 Å². The fourth-order valence-electron chi connectivity index (χ4n) is 0.933. The van der Waals surface area contributed by atoms with Gasteiger partial charge in [-0.1, -0.05) is 11.8 Å². The Balaban J connectivity index is 2.53. The van der Waals surface area contributed by atoms with Crippen LogP contribution >= 0.6 is 11.6 Å². The maximum Gasteiger partial charge on any atom is 0.248 e. The van der Waals surface area contributed by atoms with Gasteiger partial charge in [-0.15, -0.1) is 11.6 Å². The summed E-state index contributed by atoms with van der Waals surface area (Å²) < 4.78 is 5.26. The molecule has 1 aromatic rings. The van der Waals surface area contributed by atoms with Crippen LogP contribution in [0.2, 0.25) is 0 Å². The number of carbonyl (C=O) groups is 1. The molecule has 0 radical (unpaired) electrons. The van der Waals surface area contributed by atoms with Crippen LogP contribution in [0.5, 0.6) is 5.75 Å². The largest absolute Gasteiger partial charge is 0.481 e. The molecule has 4 heteroatoms. The van der Waals surface area contributed by atoms with Crippen molar-refractivity contribution in [2.75, 3.05) is 12.5 Å².